The highest BCUT2D eigenvalue weighted by atomic mass is 127. The Morgan fingerprint density at radius 3 is 2.59 bits per heavy atom. The summed E-state index contributed by atoms with van der Waals surface area (Å²) in [6.07, 6.45) is 4.46. The van der Waals surface area contributed by atoms with Gasteiger partial charge in [0, 0.05) is 24.5 Å². The van der Waals surface area contributed by atoms with E-state index in [2.05, 4.69) is 43.4 Å². The van der Waals surface area contributed by atoms with E-state index in [1.807, 2.05) is 6.07 Å². The first-order valence-electron chi connectivity index (χ1n) is 9.95. The van der Waals surface area contributed by atoms with Gasteiger partial charge in [-0.1, -0.05) is 12.1 Å². The van der Waals surface area contributed by atoms with Crippen LogP contribution in [0.15, 0.2) is 29.3 Å². The SMILES string of the molecule is CCNC(=NCC1(c2cccc(F)c2)CC1)NCCCCN(C)C(C)C.I. The zero-order valence-corrected chi connectivity index (χ0v) is 19.6. The van der Waals surface area contributed by atoms with E-state index in [1.54, 1.807) is 12.1 Å². The lowest BCUT2D eigenvalue weighted by atomic mass is 9.96. The fraction of sp³-hybridized carbons (Fsp3) is 0.667. The third kappa shape index (κ3) is 7.94. The van der Waals surface area contributed by atoms with Crippen molar-refractivity contribution in [3.05, 3.63) is 35.6 Å². The van der Waals surface area contributed by atoms with Crippen LogP contribution >= 0.6 is 24.0 Å². The molecule has 1 aliphatic rings. The van der Waals surface area contributed by atoms with Crippen molar-refractivity contribution in [2.75, 3.05) is 33.2 Å². The lowest BCUT2D eigenvalue weighted by molar-refractivity contribution is 0.268. The van der Waals surface area contributed by atoms with E-state index in [1.165, 1.54) is 12.5 Å². The van der Waals surface area contributed by atoms with Gasteiger partial charge in [-0.3, -0.25) is 4.99 Å². The second kappa shape index (κ2) is 11.8. The van der Waals surface area contributed by atoms with Crippen molar-refractivity contribution < 1.29 is 4.39 Å². The Hall–Kier alpha value is -0.890. The summed E-state index contributed by atoms with van der Waals surface area (Å²) in [5.41, 5.74) is 1.11. The molecule has 1 aromatic carbocycles. The van der Waals surface area contributed by atoms with E-state index in [9.17, 15) is 4.39 Å². The molecule has 6 heteroatoms. The zero-order chi connectivity index (χ0) is 19.0. The monoisotopic (exact) mass is 490 g/mol. The summed E-state index contributed by atoms with van der Waals surface area (Å²) in [5, 5.41) is 6.75. The summed E-state index contributed by atoms with van der Waals surface area (Å²) in [6.45, 7) is 10.1. The molecule has 0 heterocycles. The van der Waals surface area contributed by atoms with Crippen LogP contribution in [0.3, 0.4) is 0 Å². The first kappa shape index (κ1) is 24.1. The highest BCUT2D eigenvalue weighted by molar-refractivity contribution is 14.0. The van der Waals surface area contributed by atoms with E-state index in [0.29, 0.717) is 12.6 Å². The summed E-state index contributed by atoms with van der Waals surface area (Å²) in [4.78, 5) is 7.15. The molecule has 0 amide bonds. The van der Waals surface area contributed by atoms with Crippen LogP contribution in [0.4, 0.5) is 4.39 Å². The molecule has 0 aromatic heterocycles. The van der Waals surface area contributed by atoms with Crippen molar-refractivity contribution in [3.63, 3.8) is 0 Å². The van der Waals surface area contributed by atoms with Gasteiger partial charge < -0.3 is 15.5 Å². The molecule has 1 aromatic rings. The van der Waals surface area contributed by atoms with Crippen LogP contribution < -0.4 is 10.6 Å². The molecule has 4 nitrogen and oxygen atoms in total. The lowest BCUT2D eigenvalue weighted by Crippen LogP contribution is -2.38. The normalized spacial score (nSPS) is 15.6. The van der Waals surface area contributed by atoms with Crippen LogP contribution in [-0.2, 0) is 5.41 Å². The maximum Gasteiger partial charge on any atom is 0.191 e. The number of nitrogens with one attached hydrogen (secondary N) is 2. The molecular formula is C21H36FIN4. The molecule has 1 aliphatic carbocycles. The van der Waals surface area contributed by atoms with Crippen molar-refractivity contribution in [2.45, 2.75) is 57.9 Å². The van der Waals surface area contributed by atoms with Crippen molar-refractivity contribution in [1.29, 1.82) is 0 Å². The lowest BCUT2D eigenvalue weighted by Gasteiger charge is -2.21. The Balaban J connectivity index is 0.00000364. The molecule has 154 valence electrons. The molecule has 2 rings (SSSR count). The highest BCUT2D eigenvalue weighted by Gasteiger charge is 2.44. The molecular weight excluding hydrogens is 454 g/mol. The predicted octanol–water partition coefficient (Wildman–Crippen LogP) is 4.15. The molecule has 2 N–H and O–H groups in total. The van der Waals surface area contributed by atoms with Gasteiger partial charge >= 0.3 is 0 Å². The first-order chi connectivity index (χ1) is 12.5. The molecule has 0 spiro atoms. The van der Waals surface area contributed by atoms with Crippen LogP contribution in [-0.4, -0.2) is 50.1 Å². The second-order valence-corrected chi connectivity index (χ2v) is 7.69. The van der Waals surface area contributed by atoms with E-state index < -0.39 is 0 Å². The van der Waals surface area contributed by atoms with Gasteiger partial charge in [-0.2, -0.15) is 0 Å². The number of rotatable bonds is 10. The van der Waals surface area contributed by atoms with Crippen molar-refractivity contribution in [2.24, 2.45) is 4.99 Å². The largest absolute Gasteiger partial charge is 0.357 e. The van der Waals surface area contributed by atoms with Crippen LogP contribution in [0.5, 0.6) is 0 Å². The molecule has 0 atom stereocenters. The number of guanidine groups is 1. The third-order valence-corrected chi connectivity index (χ3v) is 5.29. The number of unbranched alkanes of at least 4 members (excludes halogenated alkanes) is 1. The van der Waals surface area contributed by atoms with Gasteiger partial charge in [-0.05, 0) is 77.7 Å². The van der Waals surface area contributed by atoms with Gasteiger partial charge in [0.2, 0.25) is 0 Å². The van der Waals surface area contributed by atoms with Gasteiger partial charge in [0.15, 0.2) is 5.96 Å². The molecule has 27 heavy (non-hydrogen) atoms. The standard InChI is InChI=1S/C21H35FN4.HI/c1-5-23-20(24-13-6-7-14-26(4)17(2)3)25-16-21(11-12-21)18-9-8-10-19(22)15-18;/h8-10,15,17H,5-7,11-14,16H2,1-4H3,(H2,23,24,25);1H. The van der Waals surface area contributed by atoms with E-state index in [0.717, 1.165) is 50.4 Å². The molecule has 0 radical (unpaired) electrons. The van der Waals surface area contributed by atoms with E-state index in [-0.39, 0.29) is 35.2 Å². The molecule has 0 bridgehead atoms. The Labute approximate surface area is 181 Å². The third-order valence-electron chi connectivity index (χ3n) is 5.29. The van der Waals surface area contributed by atoms with Gasteiger partial charge in [0.25, 0.3) is 0 Å². The minimum Gasteiger partial charge on any atom is -0.357 e. The summed E-state index contributed by atoms with van der Waals surface area (Å²) >= 11 is 0. The van der Waals surface area contributed by atoms with Crippen molar-refractivity contribution in [3.8, 4) is 0 Å². The Kier molecular flexibility index (Phi) is 10.6. The second-order valence-electron chi connectivity index (χ2n) is 7.69. The molecule has 0 aliphatic heterocycles. The van der Waals surface area contributed by atoms with Crippen LogP contribution in [0.25, 0.3) is 0 Å². The Bertz CT molecular complexity index is 587. The van der Waals surface area contributed by atoms with Gasteiger partial charge in [0.05, 0.1) is 6.54 Å². The summed E-state index contributed by atoms with van der Waals surface area (Å²) in [6, 6.07) is 7.59. The maximum atomic E-state index is 13.5. The molecule has 0 unspecified atom stereocenters. The molecule has 1 saturated carbocycles. The smallest absolute Gasteiger partial charge is 0.191 e. The number of aliphatic imine (C=N–C) groups is 1. The van der Waals surface area contributed by atoms with Crippen molar-refractivity contribution in [1.82, 2.24) is 15.5 Å². The van der Waals surface area contributed by atoms with Crippen LogP contribution in [0.2, 0.25) is 0 Å². The minimum absolute atomic E-state index is 0. The topological polar surface area (TPSA) is 39.7 Å². The summed E-state index contributed by atoms with van der Waals surface area (Å²) in [5.74, 6) is 0.710. The summed E-state index contributed by atoms with van der Waals surface area (Å²) in [7, 11) is 2.17. The number of hydrogen-bond donors (Lipinski definition) is 2. The highest BCUT2D eigenvalue weighted by Crippen LogP contribution is 2.48. The number of halogens is 2. The minimum atomic E-state index is -0.158. The van der Waals surface area contributed by atoms with Crippen LogP contribution in [0, 0.1) is 5.82 Å². The number of nitrogens with zero attached hydrogens (tertiary/aromatic N) is 2. The maximum absolute atomic E-state index is 13.5. The number of hydrogen-bond acceptors (Lipinski definition) is 2. The summed E-state index contributed by atoms with van der Waals surface area (Å²) < 4.78 is 13.5. The fourth-order valence-electron chi connectivity index (χ4n) is 3.03. The van der Waals surface area contributed by atoms with Gasteiger partial charge in [-0.25, -0.2) is 4.39 Å². The Morgan fingerprint density at radius 1 is 1.26 bits per heavy atom. The molecule has 0 saturated heterocycles. The predicted molar refractivity (Wildman–Crippen MR) is 124 cm³/mol. The van der Waals surface area contributed by atoms with Gasteiger partial charge in [-0.15, -0.1) is 24.0 Å². The average Bonchev–Trinajstić information content (AvgIpc) is 3.40. The Morgan fingerprint density at radius 2 is 2.00 bits per heavy atom. The van der Waals surface area contributed by atoms with Crippen LogP contribution in [0.1, 0.15) is 52.0 Å². The quantitative estimate of drug-likeness (QED) is 0.224. The average molecular weight is 490 g/mol. The number of benzene rings is 1. The van der Waals surface area contributed by atoms with E-state index >= 15 is 0 Å². The van der Waals surface area contributed by atoms with Crippen molar-refractivity contribution >= 4 is 29.9 Å². The zero-order valence-electron chi connectivity index (χ0n) is 17.2. The molecule has 1 fully saturated rings. The fourth-order valence-corrected chi connectivity index (χ4v) is 3.03. The van der Waals surface area contributed by atoms with Gasteiger partial charge in [0.1, 0.15) is 5.82 Å². The van der Waals surface area contributed by atoms with E-state index in [4.69, 9.17) is 4.99 Å². The first-order valence-corrected chi connectivity index (χ1v) is 9.95.